The third-order valence-electron chi connectivity index (χ3n) is 2.83. The number of aliphatic carboxylic acids is 1. The van der Waals surface area contributed by atoms with Crippen LogP contribution in [0.25, 0.3) is 0 Å². The smallest absolute Gasteiger partial charge is 0.303 e. The number of unbranched alkanes of at least 4 members (excludes halogenated alkanes) is 3. The van der Waals surface area contributed by atoms with Crippen LogP contribution in [-0.2, 0) is 4.79 Å². The lowest BCUT2D eigenvalue weighted by Crippen LogP contribution is -2.23. The summed E-state index contributed by atoms with van der Waals surface area (Å²) in [5, 5.41) is 13.0. The zero-order valence-corrected chi connectivity index (χ0v) is 12.3. The molecule has 0 radical (unpaired) electrons. The minimum absolute atomic E-state index is 0.0428. The molecule has 1 amide bonds. The Kier molecular flexibility index (Phi) is 6.93. The molecule has 0 aromatic carbocycles. The predicted octanol–water partition coefficient (Wildman–Crippen LogP) is 2.72. The van der Waals surface area contributed by atoms with Gasteiger partial charge in [0.05, 0.1) is 4.88 Å². The number of carboxylic acids is 1. The summed E-state index contributed by atoms with van der Waals surface area (Å²) in [5.74, 6) is -0.968. The number of amides is 1. The highest BCUT2D eigenvalue weighted by Gasteiger charge is 2.10. The maximum absolute atomic E-state index is 11.8. The number of hydrogen-bond donors (Lipinski definition) is 2. The van der Waals surface area contributed by atoms with Crippen LogP contribution in [0.3, 0.4) is 0 Å². The molecule has 0 atom stereocenters. The molecule has 1 rings (SSSR count). The van der Waals surface area contributed by atoms with E-state index in [1.54, 1.807) is 11.4 Å². The van der Waals surface area contributed by atoms with Crippen molar-refractivity contribution in [1.82, 2.24) is 5.32 Å². The van der Waals surface area contributed by atoms with E-state index in [0.29, 0.717) is 23.4 Å². The second kappa shape index (κ2) is 8.47. The van der Waals surface area contributed by atoms with Gasteiger partial charge in [-0.1, -0.05) is 12.8 Å². The molecule has 0 saturated carbocycles. The van der Waals surface area contributed by atoms with E-state index in [-0.39, 0.29) is 18.1 Å². The molecule has 5 nitrogen and oxygen atoms in total. The van der Waals surface area contributed by atoms with Crippen molar-refractivity contribution in [1.29, 1.82) is 0 Å². The number of carbonyl (C=O) groups excluding carboxylic acids is 2. The van der Waals surface area contributed by atoms with E-state index in [2.05, 4.69) is 5.32 Å². The second-order valence-corrected chi connectivity index (χ2v) is 5.48. The van der Waals surface area contributed by atoms with Crippen LogP contribution in [0, 0.1) is 0 Å². The van der Waals surface area contributed by atoms with Crippen molar-refractivity contribution in [3.8, 4) is 0 Å². The lowest BCUT2D eigenvalue weighted by Gasteiger charge is -2.03. The first-order valence-electron chi connectivity index (χ1n) is 6.60. The molecule has 6 heteroatoms. The monoisotopic (exact) mass is 297 g/mol. The van der Waals surface area contributed by atoms with E-state index >= 15 is 0 Å². The van der Waals surface area contributed by atoms with Crippen molar-refractivity contribution in [3.63, 3.8) is 0 Å². The van der Waals surface area contributed by atoms with Crippen LogP contribution in [0.5, 0.6) is 0 Å². The number of nitrogens with one attached hydrogen (secondary N) is 1. The number of thiophene rings is 1. The predicted molar refractivity (Wildman–Crippen MR) is 77.4 cm³/mol. The highest BCUT2D eigenvalue weighted by Crippen LogP contribution is 2.15. The Bertz CT molecular complexity index is 481. The summed E-state index contributed by atoms with van der Waals surface area (Å²) >= 11 is 1.26. The maximum Gasteiger partial charge on any atom is 0.303 e. The Morgan fingerprint density at radius 1 is 1.20 bits per heavy atom. The molecule has 1 aromatic rings. The summed E-state index contributed by atoms with van der Waals surface area (Å²) in [5.41, 5.74) is 0.564. The number of hydrogen-bond acceptors (Lipinski definition) is 4. The van der Waals surface area contributed by atoms with Crippen molar-refractivity contribution in [2.45, 2.75) is 39.0 Å². The highest BCUT2D eigenvalue weighted by molar-refractivity contribution is 7.12. The molecule has 0 fully saturated rings. The Balaban J connectivity index is 2.16. The van der Waals surface area contributed by atoms with Gasteiger partial charge >= 0.3 is 5.97 Å². The first-order chi connectivity index (χ1) is 9.50. The Labute approximate surface area is 122 Å². The first kappa shape index (κ1) is 16.4. The number of Topliss-reactive ketones (excluding diaryl/α,β-unsaturated/α-hetero) is 1. The van der Waals surface area contributed by atoms with Gasteiger partial charge in [0.25, 0.3) is 5.91 Å². The van der Waals surface area contributed by atoms with E-state index in [4.69, 9.17) is 5.11 Å². The summed E-state index contributed by atoms with van der Waals surface area (Å²) in [6.07, 6.45) is 3.47. The van der Waals surface area contributed by atoms with E-state index < -0.39 is 5.97 Å². The van der Waals surface area contributed by atoms with Crippen LogP contribution in [0.15, 0.2) is 11.4 Å². The van der Waals surface area contributed by atoms with Crippen molar-refractivity contribution in [2.24, 2.45) is 0 Å². The third-order valence-corrected chi connectivity index (χ3v) is 3.76. The van der Waals surface area contributed by atoms with E-state index in [1.165, 1.54) is 18.3 Å². The summed E-state index contributed by atoms with van der Waals surface area (Å²) in [6, 6.07) is 1.61. The van der Waals surface area contributed by atoms with Gasteiger partial charge < -0.3 is 10.4 Å². The number of carboxylic acid groups (broad SMARTS) is 1. The van der Waals surface area contributed by atoms with Gasteiger partial charge in [0.2, 0.25) is 0 Å². The fraction of sp³-hybridized carbons (Fsp3) is 0.500. The highest BCUT2D eigenvalue weighted by atomic mass is 32.1. The average Bonchev–Trinajstić information content (AvgIpc) is 2.86. The molecule has 110 valence electrons. The zero-order valence-electron chi connectivity index (χ0n) is 11.5. The van der Waals surface area contributed by atoms with E-state index in [0.717, 1.165) is 19.3 Å². The van der Waals surface area contributed by atoms with Crippen LogP contribution >= 0.6 is 11.3 Å². The van der Waals surface area contributed by atoms with E-state index in [1.807, 2.05) is 0 Å². The lowest BCUT2D eigenvalue weighted by molar-refractivity contribution is -0.137. The molecule has 0 bridgehead atoms. The van der Waals surface area contributed by atoms with Crippen LogP contribution < -0.4 is 5.32 Å². The molecule has 2 N–H and O–H groups in total. The number of rotatable bonds is 9. The largest absolute Gasteiger partial charge is 0.481 e. The van der Waals surface area contributed by atoms with Crippen LogP contribution in [0.4, 0.5) is 0 Å². The number of ketones is 1. The molecule has 0 aliphatic carbocycles. The van der Waals surface area contributed by atoms with Crippen molar-refractivity contribution in [3.05, 3.63) is 21.9 Å². The maximum atomic E-state index is 11.8. The number of carbonyl (C=O) groups is 3. The minimum Gasteiger partial charge on any atom is -0.481 e. The average molecular weight is 297 g/mol. The normalized spacial score (nSPS) is 10.2. The summed E-state index contributed by atoms with van der Waals surface area (Å²) in [7, 11) is 0. The molecule has 1 aromatic heterocycles. The fourth-order valence-corrected chi connectivity index (χ4v) is 2.55. The van der Waals surface area contributed by atoms with Gasteiger partial charge in [0, 0.05) is 23.9 Å². The minimum atomic E-state index is -0.766. The Morgan fingerprint density at radius 2 is 1.90 bits per heavy atom. The molecule has 0 saturated heterocycles. The van der Waals surface area contributed by atoms with Gasteiger partial charge in [-0.05, 0) is 25.8 Å². The molecule has 0 spiro atoms. The van der Waals surface area contributed by atoms with Gasteiger partial charge in [-0.2, -0.15) is 0 Å². The van der Waals surface area contributed by atoms with Gasteiger partial charge in [0.15, 0.2) is 5.78 Å². The summed E-state index contributed by atoms with van der Waals surface area (Å²) < 4.78 is 0. The summed E-state index contributed by atoms with van der Waals surface area (Å²) in [4.78, 5) is 33.7. The standard InChI is InChI=1S/C14H19NO4S/c1-10(16)11-8-12(20-9-11)14(19)15-7-5-3-2-4-6-13(17)18/h8-9H,2-7H2,1H3,(H,15,19)(H,17,18). The van der Waals surface area contributed by atoms with Crippen molar-refractivity contribution < 1.29 is 19.5 Å². The fourth-order valence-electron chi connectivity index (χ4n) is 1.68. The Hall–Kier alpha value is -1.69. The SMILES string of the molecule is CC(=O)c1csc(C(=O)NCCCCCCC(=O)O)c1. The van der Waals surface area contributed by atoms with Gasteiger partial charge in [-0.25, -0.2) is 0 Å². The first-order valence-corrected chi connectivity index (χ1v) is 7.48. The van der Waals surface area contributed by atoms with Crippen LogP contribution in [-0.4, -0.2) is 29.3 Å². The van der Waals surface area contributed by atoms with Gasteiger partial charge in [0.1, 0.15) is 0 Å². The van der Waals surface area contributed by atoms with Crippen LogP contribution in [0.2, 0.25) is 0 Å². The molecule has 0 aliphatic heterocycles. The topological polar surface area (TPSA) is 83.5 Å². The molecule has 1 heterocycles. The molecule has 20 heavy (non-hydrogen) atoms. The van der Waals surface area contributed by atoms with Gasteiger partial charge in [-0.3, -0.25) is 14.4 Å². The Morgan fingerprint density at radius 3 is 2.50 bits per heavy atom. The molecular weight excluding hydrogens is 278 g/mol. The van der Waals surface area contributed by atoms with Crippen molar-refractivity contribution in [2.75, 3.05) is 6.54 Å². The zero-order chi connectivity index (χ0) is 15.0. The lowest BCUT2D eigenvalue weighted by atomic mass is 10.1. The summed E-state index contributed by atoms with van der Waals surface area (Å²) in [6.45, 7) is 2.04. The quantitative estimate of drug-likeness (QED) is 0.542. The molecule has 0 unspecified atom stereocenters. The van der Waals surface area contributed by atoms with Gasteiger partial charge in [-0.15, -0.1) is 11.3 Å². The second-order valence-electron chi connectivity index (χ2n) is 4.57. The molecule has 0 aliphatic rings. The van der Waals surface area contributed by atoms with Crippen molar-refractivity contribution >= 4 is 29.0 Å². The molecular formula is C14H19NO4S. The third kappa shape index (κ3) is 5.97. The van der Waals surface area contributed by atoms with Crippen LogP contribution in [0.1, 0.15) is 59.1 Å². The van der Waals surface area contributed by atoms with E-state index in [9.17, 15) is 14.4 Å².